The van der Waals surface area contributed by atoms with Crippen molar-refractivity contribution in [2.24, 2.45) is 5.41 Å². The van der Waals surface area contributed by atoms with E-state index in [9.17, 15) is 18.0 Å². The zero-order valence-electron chi connectivity index (χ0n) is 16.3. The monoisotopic (exact) mass is 423 g/mol. The van der Waals surface area contributed by atoms with Crippen LogP contribution in [0.3, 0.4) is 0 Å². The molecule has 8 heteroatoms. The van der Waals surface area contributed by atoms with E-state index in [0.717, 1.165) is 17.6 Å². The highest BCUT2D eigenvalue weighted by molar-refractivity contribution is 6.34. The van der Waals surface area contributed by atoms with Crippen molar-refractivity contribution in [1.82, 2.24) is 9.55 Å². The lowest BCUT2D eigenvalue weighted by atomic mass is 9.92. The molecular weight excluding hydrogens is 403 g/mol. The van der Waals surface area contributed by atoms with Crippen LogP contribution in [0, 0.1) is 5.41 Å². The van der Waals surface area contributed by atoms with E-state index in [4.69, 9.17) is 11.6 Å². The van der Waals surface area contributed by atoms with E-state index < -0.39 is 11.7 Å². The van der Waals surface area contributed by atoms with Gasteiger partial charge in [-0.3, -0.25) is 4.79 Å². The number of benzene rings is 1. The number of carbonyl (C=O) groups is 1. The van der Waals surface area contributed by atoms with Crippen LogP contribution in [-0.4, -0.2) is 15.5 Å². The van der Waals surface area contributed by atoms with Crippen LogP contribution >= 0.6 is 11.6 Å². The molecule has 4 nitrogen and oxygen atoms in total. The molecule has 3 aromatic rings. The molecule has 0 aliphatic heterocycles. The quantitative estimate of drug-likeness (QED) is 0.548. The van der Waals surface area contributed by atoms with Crippen LogP contribution in [0.25, 0.3) is 11.0 Å². The van der Waals surface area contributed by atoms with E-state index in [0.29, 0.717) is 34.9 Å². The summed E-state index contributed by atoms with van der Waals surface area (Å²) in [7, 11) is 0. The molecule has 0 saturated carbocycles. The van der Waals surface area contributed by atoms with Crippen LogP contribution in [0.2, 0.25) is 5.02 Å². The Bertz CT molecular complexity index is 1030. The highest BCUT2D eigenvalue weighted by atomic mass is 35.5. The first kappa shape index (κ1) is 21.2. The molecule has 0 bridgehead atoms. The first-order chi connectivity index (χ1) is 13.4. The molecule has 0 fully saturated rings. The van der Waals surface area contributed by atoms with Gasteiger partial charge in [0.25, 0.3) is 0 Å². The summed E-state index contributed by atoms with van der Waals surface area (Å²) in [6.45, 7) is 6.26. The zero-order valence-corrected chi connectivity index (χ0v) is 17.0. The molecule has 29 heavy (non-hydrogen) atoms. The Kier molecular flexibility index (Phi) is 5.63. The Balaban J connectivity index is 1.81. The lowest BCUT2D eigenvalue weighted by molar-refractivity contribution is -0.137. The average Bonchev–Trinajstić information content (AvgIpc) is 2.95. The van der Waals surface area contributed by atoms with Gasteiger partial charge in [-0.25, -0.2) is 4.98 Å². The molecule has 154 valence electrons. The summed E-state index contributed by atoms with van der Waals surface area (Å²) in [5, 5.41) is 3.04. The number of alkyl halides is 3. The molecule has 2 aromatic heterocycles. The minimum absolute atomic E-state index is 0.161. The van der Waals surface area contributed by atoms with Crippen LogP contribution in [0.5, 0.6) is 0 Å². The van der Waals surface area contributed by atoms with E-state index >= 15 is 0 Å². The summed E-state index contributed by atoms with van der Waals surface area (Å²) in [5.74, 6) is 0.121. The molecular formula is C21H21ClF3N3O. The molecule has 0 saturated heterocycles. The number of nitrogens with one attached hydrogen (secondary N) is 1. The van der Waals surface area contributed by atoms with Gasteiger partial charge in [0.2, 0.25) is 5.91 Å². The minimum Gasteiger partial charge on any atom is -0.342 e. The number of anilines is 1. The fourth-order valence-electron chi connectivity index (χ4n) is 2.97. The molecule has 0 unspecified atom stereocenters. The molecule has 3 rings (SSSR count). The van der Waals surface area contributed by atoms with Gasteiger partial charge in [-0.05, 0) is 35.2 Å². The Morgan fingerprint density at radius 2 is 1.79 bits per heavy atom. The van der Waals surface area contributed by atoms with Crippen molar-refractivity contribution in [2.45, 2.75) is 39.9 Å². The van der Waals surface area contributed by atoms with Crippen molar-refractivity contribution in [1.29, 1.82) is 0 Å². The maximum atomic E-state index is 12.7. The van der Waals surface area contributed by atoms with Crippen LogP contribution < -0.4 is 5.32 Å². The van der Waals surface area contributed by atoms with E-state index in [1.54, 1.807) is 18.3 Å². The topological polar surface area (TPSA) is 46.9 Å². The third-order valence-electron chi connectivity index (χ3n) is 4.29. The van der Waals surface area contributed by atoms with Crippen LogP contribution in [-0.2, 0) is 17.5 Å². The standard InChI is InChI=1S/C21H21ClF3N3O/c1-20(2,3)11-18(29)27-19-15(22)10-17-16(26-19)8-9-28(17)12-13-4-6-14(7-5-13)21(23,24)25/h4-10H,11-12H2,1-3H3,(H,26,27,29). The molecule has 0 atom stereocenters. The SMILES string of the molecule is CC(C)(C)CC(=O)Nc1nc2ccn(Cc3ccc(C(F)(F)F)cc3)c2cc1Cl. The molecule has 0 spiro atoms. The normalized spacial score (nSPS) is 12.4. The Labute approximate surface area is 171 Å². The highest BCUT2D eigenvalue weighted by Crippen LogP contribution is 2.30. The predicted molar refractivity (Wildman–Crippen MR) is 108 cm³/mol. The van der Waals surface area contributed by atoms with Crippen molar-refractivity contribution in [2.75, 3.05) is 5.32 Å². The van der Waals surface area contributed by atoms with Crippen LogP contribution in [0.4, 0.5) is 19.0 Å². The molecule has 2 heterocycles. The van der Waals surface area contributed by atoms with E-state index in [-0.39, 0.29) is 11.3 Å². The second kappa shape index (κ2) is 7.71. The van der Waals surface area contributed by atoms with E-state index in [2.05, 4.69) is 10.3 Å². The van der Waals surface area contributed by atoms with Gasteiger partial charge in [-0.2, -0.15) is 13.2 Å². The Morgan fingerprint density at radius 1 is 1.14 bits per heavy atom. The van der Waals surface area contributed by atoms with Crippen LogP contribution in [0.1, 0.15) is 38.3 Å². The van der Waals surface area contributed by atoms with Gasteiger partial charge in [0, 0.05) is 19.2 Å². The van der Waals surface area contributed by atoms with Gasteiger partial charge in [-0.15, -0.1) is 0 Å². The molecule has 0 aliphatic rings. The fourth-order valence-corrected chi connectivity index (χ4v) is 3.16. The molecule has 0 radical (unpaired) electrons. The number of carbonyl (C=O) groups excluding carboxylic acids is 1. The number of hydrogen-bond acceptors (Lipinski definition) is 2. The first-order valence-electron chi connectivity index (χ1n) is 9.04. The summed E-state index contributed by atoms with van der Waals surface area (Å²) in [4.78, 5) is 16.6. The van der Waals surface area contributed by atoms with Gasteiger partial charge < -0.3 is 9.88 Å². The summed E-state index contributed by atoms with van der Waals surface area (Å²) in [5.41, 5.74) is 1.23. The first-order valence-corrected chi connectivity index (χ1v) is 9.41. The number of aromatic nitrogens is 2. The third-order valence-corrected chi connectivity index (χ3v) is 4.58. The molecule has 1 amide bonds. The van der Waals surface area contributed by atoms with Gasteiger partial charge in [-0.1, -0.05) is 44.5 Å². The zero-order chi connectivity index (χ0) is 21.4. The van der Waals surface area contributed by atoms with Crippen molar-refractivity contribution in [3.8, 4) is 0 Å². The number of hydrogen-bond donors (Lipinski definition) is 1. The van der Waals surface area contributed by atoms with Crippen molar-refractivity contribution in [3.05, 3.63) is 58.7 Å². The largest absolute Gasteiger partial charge is 0.416 e. The number of nitrogens with zero attached hydrogens (tertiary/aromatic N) is 2. The third kappa shape index (κ3) is 5.29. The number of pyridine rings is 1. The smallest absolute Gasteiger partial charge is 0.342 e. The average molecular weight is 424 g/mol. The molecule has 1 aromatic carbocycles. The number of halogens is 4. The maximum absolute atomic E-state index is 12.7. The van der Waals surface area contributed by atoms with E-state index in [1.807, 2.05) is 25.3 Å². The van der Waals surface area contributed by atoms with Gasteiger partial charge in [0.1, 0.15) is 0 Å². The lowest BCUT2D eigenvalue weighted by Crippen LogP contribution is -2.20. The summed E-state index contributed by atoms with van der Waals surface area (Å²) in [6, 6.07) is 8.50. The van der Waals surface area contributed by atoms with Crippen molar-refractivity contribution >= 4 is 34.4 Å². The van der Waals surface area contributed by atoms with Gasteiger partial charge in [0.15, 0.2) is 5.82 Å². The van der Waals surface area contributed by atoms with Crippen LogP contribution in [0.15, 0.2) is 42.6 Å². The second-order valence-corrected chi connectivity index (χ2v) is 8.55. The summed E-state index contributed by atoms with van der Waals surface area (Å²) in [6.07, 6.45) is -2.24. The second-order valence-electron chi connectivity index (χ2n) is 8.15. The Hall–Kier alpha value is -2.54. The summed E-state index contributed by atoms with van der Waals surface area (Å²) < 4.78 is 40.0. The maximum Gasteiger partial charge on any atom is 0.416 e. The minimum atomic E-state index is -4.36. The fraction of sp³-hybridized carbons (Fsp3) is 0.333. The van der Waals surface area contributed by atoms with Crippen molar-refractivity contribution < 1.29 is 18.0 Å². The number of rotatable bonds is 4. The van der Waals surface area contributed by atoms with E-state index in [1.165, 1.54) is 12.1 Å². The summed E-state index contributed by atoms with van der Waals surface area (Å²) >= 11 is 6.31. The molecule has 0 aliphatic carbocycles. The predicted octanol–water partition coefficient (Wildman–Crippen LogP) is 6.13. The van der Waals surface area contributed by atoms with Gasteiger partial charge in [0.05, 0.1) is 21.6 Å². The lowest BCUT2D eigenvalue weighted by Gasteiger charge is -2.17. The van der Waals surface area contributed by atoms with Gasteiger partial charge >= 0.3 is 6.18 Å². The number of amides is 1. The number of fused-ring (bicyclic) bond motifs is 1. The highest BCUT2D eigenvalue weighted by Gasteiger charge is 2.29. The molecule has 1 N–H and O–H groups in total. The Morgan fingerprint density at radius 3 is 2.38 bits per heavy atom. The van der Waals surface area contributed by atoms with Crippen molar-refractivity contribution in [3.63, 3.8) is 0 Å².